The molecule has 5 rings (SSSR count). The normalized spacial score (nSPS) is 13.9. The van der Waals surface area contributed by atoms with Gasteiger partial charge in [0, 0.05) is 23.5 Å². The van der Waals surface area contributed by atoms with Gasteiger partial charge in [-0.3, -0.25) is 13.9 Å². The Labute approximate surface area is 285 Å². The van der Waals surface area contributed by atoms with Crippen LogP contribution in [-0.2, 0) is 32.6 Å². The third kappa shape index (κ3) is 9.02. The monoisotopic (exact) mass is 717 g/mol. The molecule has 1 N–H and O–H groups in total. The molecule has 246 valence electrons. The number of halogens is 1. The molecule has 1 fully saturated rings. The van der Waals surface area contributed by atoms with Crippen molar-refractivity contribution in [2.75, 3.05) is 17.5 Å². The maximum absolute atomic E-state index is 14.6. The Kier molecular flexibility index (Phi) is 11.7. The lowest BCUT2D eigenvalue weighted by Crippen LogP contribution is -2.54. The van der Waals surface area contributed by atoms with E-state index in [2.05, 4.69) is 21.2 Å². The van der Waals surface area contributed by atoms with Crippen LogP contribution in [0, 0.1) is 0 Å². The number of amides is 2. The first kappa shape index (κ1) is 34.2. The van der Waals surface area contributed by atoms with E-state index < -0.39 is 28.5 Å². The first-order valence-electron chi connectivity index (χ1n) is 15.9. The summed E-state index contributed by atoms with van der Waals surface area (Å²) in [5.41, 5.74) is 2.01. The van der Waals surface area contributed by atoms with Crippen molar-refractivity contribution in [1.82, 2.24) is 10.2 Å². The molecule has 0 radical (unpaired) electrons. The Morgan fingerprint density at radius 2 is 1.51 bits per heavy atom. The predicted octanol–water partition coefficient (Wildman–Crippen LogP) is 6.74. The molecule has 0 aromatic heterocycles. The highest BCUT2D eigenvalue weighted by Gasteiger charge is 2.35. The maximum atomic E-state index is 14.6. The summed E-state index contributed by atoms with van der Waals surface area (Å²) in [6.45, 7) is 1.92. The molecule has 0 heterocycles. The molecule has 0 saturated heterocycles. The van der Waals surface area contributed by atoms with Crippen molar-refractivity contribution in [1.29, 1.82) is 0 Å². The third-order valence-electron chi connectivity index (χ3n) is 8.26. The minimum Gasteiger partial charge on any atom is -0.494 e. The number of carbonyl (C=O) groups is 2. The number of rotatable bonds is 14. The van der Waals surface area contributed by atoms with Crippen LogP contribution in [0.1, 0.15) is 43.7 Å². The van der Waals surface area contributed by atoms with Crippen molar-refractivity contribution >= 4 is 43.5 Å². The van der Waals surface area contributed by atoms with E-state index in [4.69, 9.17) is 4.74 Å². The van der Waals surface area contributed by atoms with Gasteiger partial charge in [-0.15, -0.1) is 0 Å². The topological polar surface area (TPSA) is 96.0 Å². The number of anilines is 1. The summed E-state index contributed by atoms with van der Waals surface area (Å²) in [7, 11) is -4.17. The van der Waals surface area contributed by atoms with E-state index >= 15 is 0 Å². The lowest BCUT2D eigenvalue weighted by molar-refractivity contribution is -0.140. The minimum atomic E-state index is -4.17. The summed E-state index contributed by atoms with van der Waals surface area (Å²) < 4.78 is 35.9. The number of carbonyl (C=O) groups excluding carboxylic acids is 2. The van der Waals surface area contributed by atoms with Gasteiger partial charge in [0.15, 0.2) is 0 Å². The fraction of sp³-hybridized carbons (Fsp3) is 0.297. The molecule has 47 heavy (non-hydrogen) atoms. The summed E-state index contributed by atoms with van der Waals surface area (Å²) in [5, 5.41) is 3.20. The van der Waals surface area contributed by atoms with Crippen molar-refractivity contribution in [2.24, 2.45) is 0 Å². The lowest BCUT2D eigenvalue weighted by atomic mass is 10.0. The number of ether oxygens (including phenoxy) is 1. The van der Waals surface area contributed by atoms with E-state index in [9.17, 15) is 18.0 Å². The molecule has 1 aliphatic rings. The zero-order valence-electron chi connectivity index (χ0n) is 26.4. The standard InChI is InChI=1S/C37H40BrN3O5S/c1-2-46-33-22-20-32(21-23-33)41(47(44,45)34-18-7-4-8-19-34)27-36(42)40(26-29-14-11-15-30(38)24-29)35(25-28-12-5-3-6-13-28)37(43)39-31-16-9-10-17-31/h3-8,11-15,18-24,31,35H,2,9-10,16-17,25-27H2,1H3,(H,39,43)/t35-/m0/s1. The van der Waals surface area contributed by atoms with Crippen LogP contribution >= 0.6 is 15.9 Å². The van der Waals surface area contributed by atoms with Crippen molar-refractivity contribution in [3.05, 3.63) is 125 Å². The molecule has 1 saturated carbocycles. The van der Waals surface area contributed by atoms with Crippen molar-refractivity contribution < 1.29 is 22.7 Å². The minimum absolute atomic E-state index is 0.0439. The molecule has 1 aliphatic carbocycles. The largest absolute Gasteiger partial charge is 0.494 e. The van der Waals surface area contributed by atoms with Gasteiger partial charge >= 0.3 is 0 Å². The number of sulfonamides is 1. The van der Waals surface area contributed by atoms with Gasteiger partial charge in [0.25, 0.3) is 10.0 Å². The summed E-state index contributed by atoms with van der Waals surface area (Å²) in [6, 6.07) is 31.0. The van der Waals surface area contributed by atoms with Gasteiger partial charge in [0.1, 0.15) is 18.3 Å². The van der Waals surface area contributed by atoms with E-state index in [0.717, 1.165) is 45.6 Å². The zero-order valence-corrected chi connectivity index (χ0v) is 28.8. The molecule has 2 amide bonds. The molecule has 10 heteroatoms. The van der Waals surface area contributed by atoms with E-state index in [-0.39, 0.29) is 29.8 Å². The number of nitrogens with one attached hydrogen (secondary N) is 1. The van der Waals surface area contributed by atoms with Gasteiger partial charge in [0.2, 0.25) is 11.8 Å². The lowest BCUT2D eigenvalue weighted by Gasteiger charge is -2.34. The Balaban J connectivity index is 1.56. The molecule has 0 aliphatic heterocycles. The van der Waals surface area contributed by atoms with Crippen LogP contribution in [-0.4, -0.2) is 50.4 Å². The van der Waals surface area contributed by atoms with Crippen molar-refractivity contribution in [2.45, 2.75) is 62.6 Å². The molecule has 0 bridgehead atoms. The van der Waals surface area contributed by atoms with Crippen LogP contribution in [0.25, 0.3) is 0 Å². The third-order valence-corrected chi connectivity index (χ3v) is 10.5. The van der Waals surface area contributed by atoms with Gasteiger partial charge in [0.05, 0.1) is 17.2 Å². The first-order chi connectivity index (χ1) is 22.7. The van der Waals surface area contributed by atoms with Crippen LogP contribution in [0.15, 0.2) is 119 Å². The van der Waals surface area contributed by atoms with Crippen LogP contribution in [0.2, 0.25) is 0 Å². The molecule has 0 unspecified atom stereocenters. The average molecular weight is 719 g/mol. The van der Waals surface area contributed by atoms with Gasteiger partial charge < -0.3 is 15.0 Å². The van der Waals surface area contributed by atoms with Crippen LogP contribution in [0.4, 0.5) is 5.69 Å². The highest BCUT2D eigenvalue weighted by atomic mass is 79.9. The molecule has 0 spiro atoms. The smallest absolute Gasteiger partial charge is 0.264 e. The maximum Gasteiger partial charge on any atom is 0.264 e. The second-order valence-electron chi connectivity index (χ2n) is 11.6. The molecule has 4 aromatic carbocycles. The number of nitrogens with zero attached hydrogens (tertiary/aromatic N) is 2. The zero-order chi connectivity index (χ0) is 33.2. The predicted molar refractivity (Wildman–Crippen MR) is 188 cm³/mol. The Morgan fingerprint density at radius 3 is 2.15 bits per heavy atom. The fourth-order valence-corrected chi connectivity index (χ4v) is 7.76. The van der Waals surface area contributed by atoms with Crippen LogP contribution < -0.4 is 14.4 Å². The van der Waals surface area contributed by atoms with Crippen molar-refractivity contribution in [3.63, 3.8) is 0 Å². The van der Waals surface area contributed by atoms with E-state index in [1.165, 1.54) is 17.0 Å². The number of hydrogen-bond acceptors (Lipinski definition) is 5. The number of benzene rings is 4. The summed E-state index contributed by atoms with van der Waals surface area (Å²) >= 11 is 3.53. The van der Waals surface area contributed by atoms with Gasteiger partial charge in [-0.25, -0.2) is 8.42 Å². The van der Waals surface area contributed by atoms with E-state index in [1.54, 1.807) is 42.5 Å². The van der Waals surface area contributed by atoms with Crippen LogP contribution in [0.5, 0.6) is 5.75 Å². The Hall–Kier alpha value is -4.15. The first-order valence-corrected chi connectivity index (χ1v) is 18.2. The Bertz CT molecular complexity index is 1730. The molecule has 4 aromatic rings. The highest BCUT2D eigenvalue weighted by Crippen LogP contribution is 2.27. The van der Waals surface area contributed by atoms with Gasteiger partial charge in [-0.2, -0.15) is 0 Å². The second kappa shape index (κ2) is 16.1. The summed E-state index contributed by atoms with van der Waals surface area (Å²) in [4.78, 5) is 30.3. The Morgan fingerprint density at radius 1 is 0.872 bits per heavy atom. The van der Waals surface area contributed by atoms with Gasteiger partial charge in [-0.05, 0) is 79.4 Å². The van der Waals surface area contributed by atoms with E-state index in [0.29, 0.717) is 18.0 Å². The van der Waals surface area contributed by atoms with E-state index in [1.807, 2.05) is 61.5 Å². The fourth-order valence-electron chi connectivity index (χ4n) is 5.88. The summed E-state index contributed by atoms with van der Waals surface area (Å²) in [5.74, 6) is -0.161. The highest BCUT2D eigenvalue weighted by molar-refractivity contribution is 9.10. The average Bonchev–Trinajstić information content (AvgIpc) is 3.59. The van der Waals surface area contributed by atoms with Gasteiger partial charge in [-0.1, -0.05) is 89.4 Å². The second-order valence-corrected chi connectivity index (χ2v) is 14.4. The van der Waals surface area contributed by atoms with Crippen LogP contribution in [0.3, 0.4) is 0 Å². The summed E-state index contributed by atoms with van der Waals surface area (Å²) in [6.07, 6.45) is 4.15. The SMILES string of the molecule is CCOc1ccc(N(CC(=O)N(Cc2cccc(Br)c2)[C@@H](Cc2ccccc2)C(=O)NC2CCCC2)S(=O)(=O)c2ccccc2)cc1. The number of hydrogen-bond donors (Lipinski definition) is 1. The molecule has 8 nitrogen and oxygen atoms in total. The molecular weight excluding hydrogens is 678 g/mol. The quantitative estimate of drug-likeness (QED) is 0.156. The van der Waals surface area contributed by atoms with Crippen molar-refractivity contribution in [3.8, 4) is 5.75 Å². The molecular formula is C37H40BrN3O5S. The molecule has 1 atom stereocenters.